The van der Waals surface area contributed by atoms with Crippen LogP contribution in [0.15, 0.2) is 30.5 Å². The van der Waals surface area contributed by atoms with E-state index in [1.54, 1.807) is 0 Å². The molecule has 0 radical (unpaired) electrons. The number of hydrogen-bond donors (Lipinski definition) is 1. The van der Waals surface area contributed by atoms with Crippen LogP contribution in [-0.4, -0.2) is 9.97 Å². The zero-order valence-corrected chi connectivity index (χ0v) is 7.97. The normalized spacial score (nSPS) is 15.3. The second kappa shape index (κ2) is 3.66. The van der Waals surface area contributed by atoms with Gasteiger partial charge in [-0.05, 0) is 19.0 Å². The number of rotatable bonds is 1. The lowest BCUT2D eigenvalue weighted by Gasteiger charge is -2.06. The van der Waals surface area contributed by atoms with Gasteiger partial charge < -0.3 is 4.98 Å². The van der Waals surface area contributed by atoms with Crippen LogP contribution in [0.5, 0.6) is 0 Å². The third-order valence-electron chi connectivity index (χ3n) is 2.06. The molecule has 5 heteroatoms. The first kappa shape index (κ1) is 7.49. The van der Waals surface area contributed by atoms with E-state index in [9.17, 15) is 13.2 Å². The van der Waals surface area contributed by atoms with Gasteiger partial charge in [0.15, 0.2) is 0 Å². The minimum absolute atomic E-state index is 0.0533. The molecule has 0 spiro atoms. The maximum Gasteiger partial charge on any atom is 0.416 e. The smallest absolute Gasteiger partial charge is 0.342 e. The minimum Gasteiger partial charge on any atom is -0.342 e. The fourth-order valence-corrected chi connectivity index (χ4v) is 1.28. The zero-order chi connectivity index (χ0) is 14.3. The first-order chi connectivity index (χ1) is 8.68. The van der Waals surface area contributed by atoms with Crippen LogP contribution in [0.4, 0.5) is 13.2 Å². The van der Waals surface area contributed by atoms with E-state index in [1.165, 1.54) is 12.1 Å². The van der Waals surface area contributed by atoms with Crippen molar-refractivity contribution in [2.24, 2.45) is 0 Å². The number of H-pyrrole nitrogens is 1. The summed E-state index contributed by atoms with van der Waals surface area (Å²) in [4.78, 5) is 6.42. The standard InChI is InChI=1S/C11H9F3N2/c1-7-6-15-10(16-7)8-2-4-9(5-3-8)11(12,13)14/h2-6H,1H3,(H,15,16)/i1D3. The first-order valence-corrected chi connectivity index (χ1v) is 4.41. The van der Waals surface area contributed by atoms with E-state index in [4.69, 9.17) is 4.11 Å². The molecule has 0 aliphatic heterocycles. The SMILES string of the molecule is [2H]C([2H])([2H])c1cnc(-c2ccc(C(F)(F)F)cc2)[nH]1. The van der Waals surface area contributed by atoms with E-state index in [0.717, 1.165) is 18.3 Å². The number of benzene rings is 1. The van der Waals surface area contributed by atoms with E-state index in [-0.39, 0.29) is 11.5 Å². The van der Waals surface area contributed by atoms with Crippen molar-refractivity contribution in [1.82, 2.24) is 9.97 Å². The Kier molecular flexibility index (Phi) is 1.71. The van der Waals surface area contributed by atoms with Crippen LogP contribution >= 0.6 is 0 Å². The Morgan fingerprint density at radius 2 is 1.94 bits per heavy atom. The summed E-state index contributed by atoms with van der Waals surface area (Å²) >= 11 is 0. The Hall–Kier alpha value is -1.78. The summed E-state index contributed by atoms with van der Waals surface area (Å²) in [6.07, 6.45) is -3.24. The van der Waals surface area contributed by atoms with Crippen LogP contribution in [0.1, 0.15) is 15.4 Å². The Bertz CT molecular complexity index is 570. The number of nitrogens with one attached hydrogen (secondary N) is 1. The van der Waals surface area contributed by atoms with Gasteiger partial charge in [0.1, 0.15) is 5.82 Å². The predicted octanol–water partition coefficient (Wildman–Crippen LogP) is 3.40. The quantitative estimate of drug-likeness (QED) is 0.797. The number of nitrogens with zero attached hydrogens (tertiary/aromatic N) is 1. The van der Waals surface area contributed by atoms with Crippen molar-refractivity contribution in [3.8, 4) is 11.4 Å². The summed E-state index contributed by atoms with van der Waals surface area (Å²) in [7, 11) is 0. The molecule has 0 amide bonds. The highest BCUT2D eigenvalue weighted by molar-refractivity contribution is 5.55. The van der Waals surface area contributed by atoms with E-state index in [2.05, 4.69) is 9.97 Å². The van der Waals surface area contributed by atoms with Crippen LogP contribution in [-0.2, 0) is 6.18 Å². The number of aromatic nitrogens is 2. The summed E-state index contributed by atoms with van der Waals surface area (Å²) in [6, 6.07) is 4.33. The molecule has 1 aromatic heterocycles. The highest BCUT2D eigenvalue weighted by Crippen LogP contribution is 2.30. The number of aromatic amines is 1. The fraction of sp³-hybridized carbons (Fsp3) is 0.182. The highest BCUT2D eigenvalue weighted by Gasteiger charge is 2.29. The summed E-state index contributed by atoms with van der Waals surface area (Å²) in [5, 5.41) is 0. The van der Waals surface area contributed by atoms with E-state index >= 15 is 0 Å². The van der Waals surface area contributed by atoms with Crippen molar-refractivity contribution in [2.45, 2.75) is 13.0 Å². The molecule has 1 heterocycles. The Labute approximate surface area is 94.4 Å². The van der Waals surface area contributed by atoms with Crippen molar-refractivity contribution >= 4 is 0 Å². The van der Waals surface area contributed by atoms with Gasteiger partial charge in [-0.3, -0.25) is 0 Å². The van der Waals surface area contributed by atoms with Gasteiger partial charge in [-0.1, -0.05) is 12.1 Å². The van der Waals surface area contributed by atoms with Gasteiger partial charge in [-0.2, -0.15) is 13.2 Å². The van der Waals surface area contributed by atoms with Gasteiger partial charge >= 0.3 is 6.18 Å². The lowest BCUT2D eigenvalue weighted by molar-refractivity contribution is -0.137. The van der Waals surface area contributed by atoms with Gasteiger partial charge in [-0.15, -0.1) is 0 Å². The van der Waals surface area contributed by atoms with E-state index in [0.29, 0.717) is 5.56 Å². The van der Waals surface area contributed by atoms with Crippen molar-refractivity contribution in [3.05, 3.63) is 41.7 Å². The second-order valence-electron chi connectivity index (χ2n) is 3.22. The van der Waals surface area contributed by atoms with Gasteiger partial charge in [0.2, 0.25) is 0 Å². The maximum absolute atomic E-state index is 12.4. The fourth-order valence-electron chi connectivity index (χ4n) is 1.28. The molecule has 0 bridgehead atoms. The van der Waals surface area contributed by atoms with Gasteiger partial charge in [0.05, 0.1) is 5.56 Å². The number of aryl methyl sites for hydroxylation is 1. The molecule has 0 fully saturated rings. The largest absolute Gasteiger partial charge is 0.416 e. The Balaban J connectivity index is 2.31. The molecule has 1 N–H and O–H groups in total. The van der Waals surface area contributed by atoms with Crippen LogP contribution < -0.4 is 0 Å². The molecular formula is C11H9F3N2. The van der Waals surface area contributed by atoms with Crippen molar-refractivity contribution in [1.29, 1.82) is 0 Å². The number of imidazole rings is 1. The molecule has 2 aromatic rings. The van der Waals surface area contributed by atoms with Crippen molar-refractivity contribution < 1.29 is 17.3 Å². The van der Waals surface area contributed by atoms with Crippen LogP contribution in [0, 0.1) is 6.85 Å². The third-order valence-corrected chi connectivity index (χ3v) is 2.06. The van der Waals surface area contributed by atoms with Gasteiger partial charge in [-0.25, -0.2) is 4.98 Å². The molecule has 0 aliphatic rings. The number of alkyl halides is 3. The van der Waals surface area contributed by atoms with Crippen LogP contribution in [0.25, 0.3) is 11.4 Å². The van der Waals surface area contributed by atoms with Gasteiger partial charge in [0, 0.05) is 21.6 Å². The van der Waals surface area contributed by atoms with Crippen LogP contribution in [0.3, 0.4) is 0 Å². The lowest BCUT2D eigenvalue weighted by Crippen LogP contribution is -2.04. The van der Waals surface area contributed by atoms with Crippen molar-refractivity contribution in [3.63, 3.8) is 0 Å². The van der Waals surface area contributed by atoms with Crippen LogP contribution in [0.2, 0.25) is 0 Å². The van der Waals surface area contributed by atoms with Crippen molar-refractivity contribution in [2.75, 3.05) is 0 Å². The number of hydrogen-bond acceptors (Lipinski definition) is 1. The molecule has 2 rings (SSSR count). The van der Waals surface area contributed by atoms with E-state index in [1.807, 2.05) is 0 Å². The second-order valence-corrected chi connectivity index (χ2v) is 3.22. The maximum atomic E-state index is 12.4. The molecule has 0 unspecified atom stereocenters. The average molecular weight is 229 g/mol. The molecule has 0 atom stereocenters. The first-order valence-electron chi connectivity index (χ1n) is 5.91. The monoisotopic (exact) mass is 229 g/mol. The summed E-state index contributed by atoms with van der Waals surface area (Å²) in [5.41, 5.74) is -0.426. The molecule has 0 saturated heterocycles. The Morgan fingerprint density at radius 3 is 2.44 bits per heavy atom. The molecule has 84 valence electrons. The molecule has 16 heavy (non-hydrogen) atoms. The predicted molar refractivity (Wildman–Crippen MR) is 53.8 cm³/mol. The average Bonchev–Trinajstić information content (AvgIpc) is 2.77. The third kappa shape index (κ3) is 2.08. The lowest BCUT2D eigenvalue weighted by atomic mass is 10.1. The zero-order valence-electron chi connectivity index (χ0n) is 11.0. The summed E-state index contributed by atoms with van der Waals surface area (Å²) in [5.74, 6) is 0.222. The summed E-state index contributed by atoms with van der Waals surface area (Å²) < 4.78 is 58.7. The highest BCUT2D eigenvalue weighted by atomic mass is 19.4. The molecular weight excluding hydrogens is 217 g/mol. The summed E-state index contributed by atoms with van der Waals surface area (Å²) in [6.45, 7) is -2.32. The molecule has 2 nitrogen and oxygen atoms in total. The van der Waals surface area contributed by atoms with E-state index < -0.39 is 18.6 Å². The molecule has 0 aliphatic carbocycles. The molecule has 1 aromatic carbocycles. The van der Waals surface area contributed by atoms with Gasteiger partial charge in [0.25, 0.3) is 0 Å². The number of halogens is 3. The topological polar surface area (TPSA) is 28.7 Å². The minimum atomic E-state index is -4.40. The molecule has 0 saturated carbocycles. The Morgan fingerprint density at radius 1 is 1.25 bits per heavy atom.